The number of hydrogen-bond acceptors (Lipinski definition) is 1. The Bertz CT molecular complexity index is 248. The molecule has 0 saturated carbocycles. The fraction of sp³-hybridized carbons (Fsp3) is 0.250. The summed E-state index contributed by atoms with van der Waals surface area (Å²) in [6.45, 7) is 0. The van der Waals surface area contributed by atoms with Gasteiger partial charge in [-0.15, -0.1) is 0 Å². The Morgan fingerprint density at radius 1 is 1.17 bits per heavy atom. The smallest absolute Gasteiger partial charge is 0.257 e. The highest BCUT2D eigenvalue weighted by Gasteiger charge is 2.16. The average molecular weight is 236 g/mol. The van der Waals surface area contributed by atoms with Gasteiger partial charge in [0.15, 0.2) is 0 Å². The zero-order valence-electron chi connectivity index (χ0n) is 6.18. The van der Waals surface area contributed by atoms with Crippen LogP contribution >= 0.6 is 15.9 Å². The quantitative estimate of drug-likeness (QED) is 0.839. The Morgan fingerprint density at radius 3 is 2.08 bits per heavy atom. The van der Waals surface area contributed by atoms with Crippen LogP contribution in [0.2, 0.25) is 0 Å². The second kappa shape index (κ2) is 3.96. The van der Waals surface area contributed by atoms with Crippen molar-refractivity contribution in [2.45, 2.75) is 12.5 Å². The van der Waals surface area contributed by atoms with Gasteiger partial charge in [-0.25, -0.2) is 8.78 Å². The van der Waals surface area contributed by atoms with Crippen LogP contribution in [0.4, 0.5) is 8.78 Å². The first-order chi connectivity index (χ1) is 5.61. The van der Waals surface area contributed by atoms with Crippen LogP contribution in [0.15, 0.2) is 28.7 Å². The van der Waals surface area contributed by atoms with Gasteiger partial charge >= 0.3 is 0 Å². The van der Waals surface area contributed by atoms with E-state index in [1.165, 1.54) is 0 Å². The molecule has 1 nitrogen and oxygen atoms in total. The van der Waals surface area contributed by atoms with E-state index in [0.717, 1.165) is 4.47 Å². The van der Waals surface area contributed by atoms with E-state index >= 15 is 0 Å². The van der Waals surface area contributed by atoms with Crippen LogP contribution in [0.3, 0.4) is 0 Å². The minimum Gasteiger partial charge on any atom is -0.319 e. The van der Waals surface area contributed by atoms with Crippen molar-refractivity contribution in [3.8, 4) is 0 Å². The van der Waals surface area contributed by atoms with Crippen LogP contribution in [0.5, 0.6) is 0 Å². The van der Waals surface area contributed by atoms with Gasteiger partial charge in [-0.1, -0.05) is 28.1 Å². The Morgan fingerprint density at radius 2 is 1.67 bits per heavy atom. The van der Waals surface area contributed by atoms with Gasteiger partial charge < -0.3 is 5.73 Å². The molecule has 0 fully saturated rings. The number of rotatable bonds is 2. The molecule has 4 heteroatoms. The summed E-state index contributed by atoms with van der Waals surface area (Å²) in [7, 11) is 0. The SMILES string of the molecule is N[C@@H](c1ccc(Br)cc1)C(F)F. The van der Waals surface area contributed by atoms with Gasteiger partial charge in [-0.3, -0.25) is 0 Å². The molecule has 66 valence electrons. The molecule has 0 heterocycles. The fourth-order valence-corrected chi connectivity index (χ4v) is 1.09. The third-order valence-corrected chi connectivity index (χ3v) is 2.06. The second-order valence-corrected chi connectivity index (χ2v) is 3.33. The highest BCUT2D eigenvalue weighted by Crippen LogP contribution is 2.19. The van der Waals surface area contributed by atoms with E-state index in [0.29, 0.717) is 5.56 Å². The summed E-state index contributed by atoms with van der Waals surface area (Å²) in [5.41, 5.74) is 5.67. The molecule has 0 saturated heterocycles. The van der Waals surface area contributed by atoms with Gasteiger partial charge in [0.2, 0.25) is 0 Å². The molecule has 0 aliphatic rings. The van der Waals surface area contributed by atoms with Gasteiger partial charge in [-0.2, -0.15) is 0 Å². The molecule has 1 aromatic rings. The third-order valence-electron chi connectivity index (χ3n) is 1.53. The molecule has 0 amide bonds. The molecule has 0 bridgehead atoms. The summed E-state index contributed by atoms with van der Waals surface area (Å²) in [6, 6.07) is 5.37. The summed E-state index contributed by atoms with van der Waals surface area (Å²) >= 11 is 3.20. The third kappa shape index (κ3) is 2.25. The first kappa shape index (κ1) is 9.61. The molecule has 1 aromatic carbocycles. The van der Waals surface area contributed by atoms with Crippen molar-refractivity contribution in [3.05, 3.63) is 34.3 Å². The number of hydrogen-bond donors (Lipinski definition) is 1. The number of alkyl halides is 2. The summed E-state index contributed by atoms with van der Waals surface area (Å²) in [5, 5.41) is 0. The molecule has 0 radical (unpaired) electrons. The molecule has 0 unspecified atom stereocenters. The monoisotopic (exact) mass is 235 g/mol. The Balaban J connectivity index is 2.82. The normalized spacial score (nSPS) is 13.4. The van der Waals surface area contributed by atoms with Crippen LogP contribution in [-0.4, -0.2) is 6.43 Å². The molecular formula is C8H8BrF2N. The summed E-state index contributed by atoms with van der Waals surface area (Å²) in [4.78, 5) is 0. The molecule has 0 aliphatic heterocycles. The topological polar surface area (TPSA) is 26.0 Å². The molecule has 0 aliphatic carbocycles. The molecule has 1 rings (SSSR count). The lowest BCUT2D eigenvalue weighted by Crippen LogP contribution is -2.18. The van der Waals surface area contributed by atoms with Crippen molar-refractivity contribution in [2.75, 3.05) is 0 Å². The molecule has 2 N–H and O–H groups in total. The molecule has 1 atom stereocenters. The lowest BCUT2D eigenvalue weighted by atomic mass is 10.1. The molecule has 12 heavy (non-hydrogen) atoms. The van der Waals surface area contributed by atoms with Crippen molar-refractivity contribution in [1.29, 1.82) is 0 Å². The first-order valence-electron chi connectivity index (χ1n) is 3.40. The lowest BCUT2D eigenvalue weighted by molar-refractivity contribution is 0.116. The highest BCUT2D eigenvalue weighted by atomic mass is 79.9. The summed E-state index contributed by atoms with van der Waals surface area (Å²) in [5.74, 6) is 0. The van der Waals surface area contributed by atoms with E-state index < -0.39 is 12.5 Å². The molecule has 0 aromatic heterocycles. The van der Waals surface area contributed by atoms with Crippen molar-refractivity contribution in [1.82, 2.24) is 0 Å². The predicted molar refractivity (Wildman–Crippen MR) is 47.1 cm³/mol. The van der Waals surface area contributed by atoms with E-state index in [1.54, 1.807) is 24.3 Å². The second-order valence-electron chi connectivity index (χ2n) is 2.41. The Hall–Kier alpha value is -0.480. The van der Waals surface area contributed by atoms with E-state index in [-0.39, 0.29) is 0 Å². The standard InChI is InChI=1S/C8H8BrF2N/c9-6-3-1-5(2-4-6)7(12)8(10)11/h1-4,7-8H,12H2/t7-/m0/s1. The number of benzene rings is 1. The minimum absolute atomic E-state index is 0.452. The van der Waals surface area contributed by atoms with E-state index in [4.69, 9.17) is 5.73 Å². The van der Waals surface area contributed by atoms with E-state index in [9.17, 15) is 8.78 Å². The maximum atomic E-state index is 12.1. The van der Waals surface area contributed by atoms with Gasteiger partial charge in [0.25, 0.3) is 6.43 Å². The average Bonchev–Trinajstić information content (AvgIpc) is 2.04. The van der Waals surface area contributed by atoms with Crippen molar-refractivity contribution < 1.29 is 8.78 Å². The Labute approximate surface area is 77.7 Å². The van der Waals surface area contributed by atoms with Crippen LogP contribution in [0, 0.1) is 0 Å². The minimum atomic E-state index is -2.51. The first-order valence-corrected chi connectivity index (χ1v) is 4.20. The fourth-order valence-electron chi connectivity index (χ4n) is 0.830. The van der Waals surface area contributed by atoms with Gasteiger partial charge in [0.05, 0.1) is 6.04 Å². The predicted octanol–water partition coefficient (Wildman–Crippen LogP) is 2.71. The zero-order chi connectivity index (χ0) is 9.14. The van der Waals surface area contributed by atoms with Gasteiger partial charge in [0, 0.05) is 4.47 Å². The van der Waals surface area contributed by atoms with Crippen LogP contribution in [-0.2, 0) is 0 Å². The highest BCUT2D eigenvalue weighted by molar-refractivity contribution is 9.10. The van der Waals surface area contributed by atoms with Crippen LogP contribution in [0.1, 0.15) is 11.6 Å². The van der Waals surface area contributed by atoms with Crippen LogP contribution < -0.4 is 5.73 Å². The maximum absolute atomic E-state index is 12.1. The zero-order valence-corrected chi connectivity index (χ0v) is 7.76. The van der Waals surface area contributed by atoms with Crippen molar-refractivity contribution >= 4 is 15.9 Å². The summed E-state index contributed by atoms with van der Waals surface area (Å²) < 4.78 is 25.0. The van der Waals surface area contributed by atoms with Gasteiger partial charge in [0.1, 0.15) is 0 Å². The van der Waals surface area contributed by atoms with Crippen molar-refractivity contribution in [3.63, 3.8) is 0 Å². The number of nitrogens with two attached hydrogens (primary N) is 1. The molecular weight excluding hydrogens is 228 g/mol. The maximum Gasteiger partial charge on any atom is 0.257 e. The van der Waals surface area contributed by atoms with Gasteiger partial charge in [-0.05, 0) is 17.7 Å². The van der Waals surface area contributed by atoms with E-state index in [1.807, 2.05) is 0 Å². The molecule has 0 spiro atoms. The number of halogens is 3. The van der Waals surface area contributed by atoms with Crippen molar-refractivity contribution in [2.24, 2.45) is 5.73 Å². The van der Waals surface area contributed by atoms with E-state index in [2.05, 4.69) is 15.9 Å². The lowest BCUT2D eigenvalue weighted by Gasteiger charge is -2.09. The summed E-state index contributed by atoms with van der Waals surface area (Å²) in [6.07, 6.45) is -2.51. The largest absolute Gasteiger partial charge is 0.319 e. The van der Waals surface area contributed by atoms with Crippen LogP contribution in [0.25, 0.3) is 0 Å². The Kier molecular flexibility index (Phi) is 3.17.